The Balaban J connectivity index is 1.64. The van der Waals surface area contributed by atoms with Crippen molar-refractivity contribution < 1.29 is 9.72 Å². The Bertz CT molecular complexity index is 757. The Morgan fingerprint density at radius 2 is 2.30 bits per heavy atom. The van der Waals surface area contributed by atoms with Crippen LogP contribution in [-0.2, 0) is 13.0 Å². The maximum absolute atomic E-state index is 12.1. The molecule has 0 saturated heterocycles. The molecule has 1 aliphatic heterocycles. The number of rotatable bonds is 3. The molecule has 120 valence electrons. The monoisotopic (exact) mass is 316 g/mol. The summed E-state index contributed by atoms with van der Waals surface area (Å²) in [5.41, 5.74) is 1.12. The van der Waals surface area contributed by atoms with Crippen molar-refractivity contribution in [3.8, 4) is 0 Å². The lowest BCUT2D eigenvalue weighted by Crippen LogP contribution is -2.43. The molecule has 3 rings (SSSR count). The second-order valence-electron chi connectivity index (χ2n) is 5.45. The van der Waals surface area contributed by atoms with Crippen LogP contribution >= 0.6 is 0 Å². The van der Waals surface area contributed by atoms with Gasteiger partial charge >= 0.3 is 6.03 Å². The van der Waals surface area contributed by atoms with Crippen LogP contribution in [0.5, 0.6) is 0 Å². The molecule has 2 aromatic rings. The number of aromatic nitrogens is 3. The van der Waals surface area contributed by atoms with Crippen molar-refractivity contribution in [2.75, 3.05) is 5.32 Å². The van der Waals surface area contributed by atoms with E-state index in [-0.39, 0.29) is 17.8 Å². The maximum atomic E-state index is 12.1. The van der Waals surface area contributed by atoms with Gasteiger partial charge in [0.25, 0.3) is 5.69 Å². The minimum atomic E-state index is -0.490. The number of carbonyl (C=O) groups excluding carboxylic acids is 1. The number of non-ortho nitro benzene ring substituents is 1. The summed E-state index contributed by atoms with van der Waals surface area (Å²) in [6.07, 6.45) is 3.03. The molecule has 0 aliphatic carbocycles. The van der Waals surface area contributed by atoms with Crippen LogP contribution in [0.1, 0.15) is 17.8 Å². The molecule has 23 heavy (non-hydrogen) atoms. The Hall–Kier alpha value is -2.97. The first-order chi connectivity index (χ1) is 11.0. The number of hydrogen-bond acceptors (Lipinski definition) is 5. The fourth-order valence-electron chi connectivity index (χ4n) is 2.56. The first kappa shape index (κ1) is 14.9. The van der Waals surface area contributed by atoms with Crippen LogP contribution in [0.3, 0.4) is 0 Å². The van der Waals surface area contributed by atoms with Crippen LogP contribution in [0.4, 0.5) is 16.2 Å². The summed E-state index contributed by atoms with van der Waals surface area (Å²) in [6, 6.07) is 3.93. The second-order valence-corrected chi connectivity index (χ2v) is 5.45. The minimum Gasteiger partial charge on any atom is -0.333 e. The van der Waals surface area contributed by atoms with Crippen LogP contribution in [0, 0.1) is 17.0 Å². The third-order valence-electron chi connectivity index (χ3n) is 3.82. The van der Waals surface area contributed by atoms with E-state index in [0.29, 0.717) is 12.2 Å². The van der Waals surface area contributed by atoms with E-state index >= 15 is 0 Å². The lowest BCUT2D eigenvalue weighted by Gasteiger charge is -2.23. The fourth-order valence-corrected chi connectivity index (χ4v) is 2.56. The van der Waals surface area contributed by atoms with E-state index in [9.17, 15) is 14.9 Å². The normalized spacial score (nSPS) is 16.5. The van der Waals surface area contributed by atoms with Gasteiger partial charge < -0.3 is 10.6 Å². The van der Waals surface area contributed by atoms with Crippen LogP contribution in [-0.4, -0.2) is 31.8 Å². The van der Waals surface area contributed by atoms with E-state index in [1.165, 1.54) is 18.5 Å². The Labute approximate surface area is 131 Å². The molecule has 1 aliphatic rings. The summed E-state index contributed by atoms with van der Waals surface area (Å²) in [7, 11) is 0. The van der Waals surface area contributed by atoms with Gasteiger partial charge in [-0.05, 0) is 18.9 Å². The molecule has 0 bridgehead atoms. The minimum absolute atomic E-state index is 0.0526. The molecule has 0 radical (unpaired) electrons. The second kappa shape index (κ2) is 6.03. The van der Waals surface area contributed by atoms with Gasteiger partial charge in [0, 0.05) is 18.6 Å². The van der Waals surface area contributed by atoms with E-state index in [0.717, 1.165) is 24.2 Å². The summed E-state index contributed by atoms with van der Waals surface area (Å²) in [5.74, 6) is 0.915. The number of nitrogens with zero attached hydrogens (tertiary/aromatic N) is 4. The van der Waals surface area contributed by atoms with E-state index in [4.69, 9.17) is 0 Å². The zero-order valence-corrected chi connectivity index (χ0v) is 12.5. The molecule has 9 nitrogen and oxygen atoms in total. The van der Waals surface area contributed by atoms with Gasteiger partial charge in [-0.1, -0.05) is 6.07 Å². The van der Waals surface area contributed by atoms with Crippen molar-refractivity contribution in [2.45, 2.75) is 32.4 Å². The third kappa shape index (κ3) is 3.28. The predicted octanol–water partition coefficient (Wildman–Crippen LogP) is 1.63. The number of amides is 2. The molecule has 1 atom stereocenters. The molecule has 1 unspecified atom stereocenters. The van der Waals surface area contributed by atoms with Crippen LogP contribution < -0.4 is 10.6 Å². The molecular formula is C14H16N6O3. The van der Waals surface area contributed by atoms with Crippen molar-refractivity contribution in [1.29, 1.82) is 0 Å². The van der Waals surface area contributed by atoms with E-state index in [2.05, 4.69) is 20.7 Å². The number of anilines is 1. The summed E-state index contributed by atoms with van der Waals surface area (Å²) in [6.45, 7) is 2.35. The van der Waals surface area contributed by atoms with Crippen LogP contribution in [0.15, 0.2) is 24.5 Å². The average molecular weight is 316 g/mol. The summed E-state index contributed by atoms with van der Waals surface area (Å²) in [5, 5.41) is 20.5. The highest BCUT2D eigenvalue weighted by atomic mass is 16.6. The summed E-state index contributed by atoms with van der Waals surface area (Å²) in [4.78, 5) is 26.6. The van der Waals surface area contributed by atoms with Gasteiger partial charge in [-0.15, -0.1) is 0 Å². The van der Waals surface area contributed by atoms with E-state index in [1.807, 2.05) is 0 Å². The Kier molecular flexibility index (Phi) is 3.92. The lowest BCUT2D eigenvalue weighted by atomic mass is 10.1. The van der Waals surface area contributed by atoms with Gasteiger partial charge in [0.2, 0.25) is 0 Å². The number of hydrogen-bond donors (Lipinski definition) is 2. The highest BCUT2D eigenvalue weighted by molar-refractivity contribution is 5.90. The van der Waals surface area contributed by atoms with Gasteiger partial charge in [-0.25, -0.2) is 14.5 Å². The summed E-state index contributed by atoms with van der Waals surface area (Å²) >= 11 is 0. The van der Waals surface area contributed by atoms with Gasteiger partial charge in [-0.3, -0.25) is 10.1 Å². The zero-order valence-electron chi connectivity index (χ0n) is 12.5. The predicted molar refractivity (Wildman–Crippen MR) is 82.1 cm³/mol. The van der Waals surface area contributed by atoms with Crippen molar-refractivity contribution in [3.05, 3.63) is 46.0 Å². The molecule has 2 N–H and O–H groups in total. The quantitative estimate of drug-likeness (QED) is 0.659. The van der Waals surface area contributed by atoms with Gasteiger partial charge in [0.05, 0.1) is 23.2 Å². The Morgan fingerprint density at radius 1 is 1.48 bits per heavy atom. The lowest BCUT2D eigenvalue weighted by molar-refractivity contribution is -0.384. The number of aryl methyl sites for hydroxylation is 2. The first-order valence-electron chi connectivity index (χ1n) is 7.22. The third-order valence-corrected chi connectivity index (χ3v) is 3.82. The van der Waals surface area contributed by atoms with Gasteiger partial charge in [-0.2, -0.15) is 5.10 Å². The number of urea groups is 1. The molecule has 0 saturated carbocycles. The van der Waals surface area contributed by atoms with Crippen molar-refractivity contribution in [3.63, 3.8) is 0 Å². The number of carbonyl (C=O) groups is 1. The van der Waals surface area contributed by atoms with Crippen LogP contribution in [0.2, 0.25) is 0 Å². The largest absolute Gasteiger partial charge is 0.333 e. The van der Waals surface area contributed by atoms with Gasteiger partial charge in [0.1, 0.15) is 12.2 Å². The topological polar surface area (TPSA) is 115 Å². The number of nitro benzene ring substituents is 1. The fraction of sp³-hybridized carbons (Fsp3) is 0.357. The highest BCUT2D eigenvalue weighted by Gasteiger charge is 2.21. The number of nitrogens with one attached hydrogen (secondary N) is 2. The average Bonchev–Trinajstić information content (AvgIpc) is 2.96. The molecule has 2 amide bonds. The van der Waals surface area contributed by atoms with Crippen molar-refractivity contribution in [2.24, 2.45) is 0 Å². The van der Waals surface area contributed by atoms with Crippen LogP contribution in [0.25, 0.3) is 0 Å². The summed E-state index contributed by atoms with van der Waals surface area (Å²) < 4.78 is 1.77. The smallest absolute Gasteiger partial charge is 0.319 e. The van der Waals surface area contributed by atoms with Crippen molar-refractivity contribution in [1.82, 2.24) is 20.1 Å². The molecular weight excluding hydrogens is 300 g/mol. The van der Waals surface area contributed by atoms with Gasteiger partial charge in [0.15, 0.2) is 0 Å². The van der Waals surface area contributed by atoms with E-state index in [1.54, 1.807) is 17.7 Å². The number of fused-ring (bicyclic) bond motifs is 1. The molecule has 0 spiro atoms. The molecule has 9 heteroatoms. The molecule has 2 heterocycles. The highest BCUT2D eigenvalue weighted by Crippen LogP contribution is 2.22. The number of benzene rings is 1. The standard InChI is InChI=1S/C14H16N6O3/c1-9-2-4-11(20(22)23)6-12(9)18-14(21)17-10-3-5-13-15-8-16-19(13)7-10/h2,4,6,8,10H,3,5,7H2,1H3,(H2,17,18,21). The SMILES string of the molecule is Cc1ccc([N+](=O)[O-])cc1NC(=O)NC1CCc2ncnn2C1. The molecule has 1 aromatic heterocycles. The Morgan fingerprint density at radius 3 is 3.09 bits per heavy atom. The number of nitro groups is 1. The van der Waals surface area contributed by atoms with E-state index < -0.39 is 4.92 Å². The maximum Gasteiger partial charge on any atom is 0.319 e. The zero-order chi connectivity index (χ0) is 16.4. The molecule has 0 fully saturated rings. The van der Waals surface area contributed by atoms with Crippen molar-refractivity contribution >= 4 is 17.4 Å². The first-order valence-corrected chi connectivity index (χ1v) is 7.22. The molecule has 1 aromatic carbocycles.